The van der Waals surface area contributed by atoms with E-state index in [0.29, 0.717) is 18.7 Å². The van der Waals surface area contributed by atoms with Crippen molar-refractivity contribution in [2.75, 3.05) is 18.0 Å². The number of amides is 3. The van der Waals surface area contributed by atoms with Crippen LogP contribution in [0.3, 0.4) is 0 Å². The van der Waals surface area contributed by atoms with Gasteiger partial charge in [-0.3, -0.25) is 19.4 Å². The number of pyridine rings is 1. The number of hydrogen-bond donors (Lipinski definition) is 2. The zero-order valence-corrected chi connectivity index (χ0v) is 16.9. The molecule has 1 aromatic heterocycles. The number of carbonyl (C=O) groups is 3. The largest absolute Gasteiger partial charge is 0.365 e. The van der Waals surface area contributed by atoms with Crippen molar-refractivity contribution in [3.05, 3.63) is 24.0 Å². The smallest absolute Gasteiger partial charge is 0.267 e. The van der Waals surface area contributed by atoms with Gasteiger partial charge in [0.2, 0.25) is 5.91 Å². The third-order valence-electron chi connectivity index (χ3n) is 5.69. The average Bonchev–Trinajstić information content (AvgIpc) is 3.17. The Kier molecular flexibility index (Phi) is 7.19. The second-order valence-electron chi connectivity index (χ2n) is 7.89. The summed E-state index contributed by atoms with van der Waals surface area (Å²) in [5.74, 6) is -0.719. The summed E-state index contributed by atoms with van der Waals surface area (Å²) in [6.07, 6.45) is 7.66. The normalized spacial score (nSPS) is 22.2. The van der Waals surface area contributed by atoms with Crippen molar-refractivity contribution in [2.45, 2.75) is 64.1 Å². The molecule has 2 heterocycles. The molecule has 1 aromatic rings. The summed E-state index contributed by atoms with van der Waals surface area (Å²) in [6.45, 7) is 2.56. The number of ether oxygens (including phenoxy) is 1. The summed E-state index contributed by atoms with van der Waals surface area (Å²) in [5.41, 5.74) is 5.95. The zero-order chi connectivity index (χ0) is 20.8. The van der Waals surface area contributed by atoms with Crippen LogP contribution in [0, 0.1) is 5.92 Å². The van der Waals surface area contributed by atoms with Crippen LogP contribution in [0.2, 0.25) is 0 Å². The summed E-state index contributed by atoms with van der Waals surface area (Å²) >= 11 is 0. The second-order valence-corrected chi connectivity index (χ2v) is 7.89. The fourth-order valence-corrected chi connectivity index (χ4v) is 4.05. The maximum Gasteiger partial charge on any atom is 0.267 e. The highest BCUT2D eigenvalue weighted by molar-refractivity contribution is 5.98. The second kappa shape index (κ2) is 9.82. The first-order valence-corrected chi connectivity index (χ1v) is 10.5. The number of anilines is 1. The molecule has 3 rings (SSSR count). The predicted molar refractivity (Wildman–Crippen MR) is 108 cm³/mol. The molecule has 2 atom stereocenters. The van der Waals surface area contributed by atoms with Crippen molar-refractivity contribution < 1.29 is 19.1 Å². The molecule has 0 aromatic carbocycles. The monoisotopic (exact) mass is 402 g/mol. The number of nitrogens with two attached hydrogens (primary N) is 1. The fourth-order valence-electron chi connectivity index (χ4n) is 4.05. The van der Waals surface area contributed by atoms with E-state index in [2.05, 4.69) is 10.3 Å². The lowest BCUT2D eigenvalue weighted by molar-refractivity contribution is -0.129. The Bertz CT molecular complexity index is 748. The van der Waals surface area contributed by atoms with Gasteiger partial charge in [0.15, 0.2) is 0 Å². The standard InChI is InChI=1S/C21H30N4O4/c1-14-7-8-18(29-14)21(28)25(16-9-10-23-17(13-16)19(22)26)12-11-24-20(27)15-5-3-2-4-6-15/h9-10,13-15,18H,2-8,11-12H2,1H3,(H2,22,26)(H,24,27). The SMILES string of the molecule is CC1CCC(C(=O)N(CCNC(=O)C2CCCCC2)c2ccnc(C(N)=O)c2)O1. The van der Waals surface area contributed by atoms with Crippen LogP contribution < -0.4 is 16.0 Å². The van der Waals surface area contributed by atoms with E-state index in [1.807, 2.05) is 6.92 Å². The maximum absolute atomic E-state index is 13.1. The van der Waals surface area contributed by atoms with Gasteiger partial charge in [0.25, 0.3) is 11.8 Å². The average molecular weight is 402 g/mol. The molecule has 0 bridgehead atoms. The van der Waals surface area contributed by atoms with Crippen molar-refractivity contribution in [2.24, 2.45) is 11.7 Å². The Morgan fingerprint density at radius 3 is 2.62 bits per heavy atom. The lowest BCUT2D eigenvalue weighted by Gasteiger charge is -2.27. The summed E-state index contributed by atoms with van der Waals surface area (Å²) in [7, 11) is 0. The Morgan fingerprint density at radius 1 is 1.21 bits per heavy atom. The molecule has 2 aliphatic rings. The van der Waals surface area contributed by atoms with E-state index in [1.165, 1.54) is 18.7 Å². The van der Waals surface area contributed by atoms with Gasteiger partial charge in [-0.05, 0) is 44.7 Å². The van der Waals surface area contributed by atoms with Gasteiger partial charge in [-0.2, -0.15) is 0 Å². The van der Waals surface area contributed by atoms with Crippen molar-refractivity contribution >= 4 is 23.4 Å². The van der Waals surface area contributed by atoms with Crippen LogP contribution in [0.4, 0.5) is 5.69 Å². The molecule has 158 valence electrons. The molecule has 3 amide bonds. The molecule has 3 N–H and O–H groups in total. The molecule has 0 spiro atoms. The third kappa shape index (κ3) is 5.53. The van der Waals surface area contributed by atoms with Crippen molar-refractivity contribution in [1.82, 2.24) is 10.3 Å². The number of nitrogens with one attached hydrogen (secondary N) is 1. The first-order valence-electron chi connectivity index (χ1n) is 10.5. The van der Waals surface area contributed by atoms with Gasteiger partial charge in [0.1, 0.15) is 11.8 Å². The number of nitrogens with zero attached hydrogens (tertiary/aromatic N) is 2. The van der Waals surface area contributed by atoms with Gasteiger partial charge >= 0.3 is 0 Å². The number of carbonyl (C=O) groups excluding carboxylic acids is 3. The lowest BCUT2D eigenvalue weighted by atomic mass is 9.89. The van der Waals surface area contributed by atoms with Gasteiger partial charge in [-0.1, -0.05) is 19.3 Å². The van der Waals surface area contributed by atoms with Crippen LogP contribution in [0.1, 0.15) is 62.4 Å². The fraction of sp³-hybridized carbons (Fsp3) is 0.619. The highest BCUT2D eigenvalue weighted by Crippen LogP contribution is 2.25. The van der Waals surface area contributed by atoms with Crippen molar-refractivity contribution in [3.8, 4) is 0 Å². The first kappa shape index (κ1) is 21.2. The highest BCUT2D eigenvalue weighted by atomic mass is 16.5. The Labute approximate surface area is 171 Å². The van der Waals surface area contributed by atoms with E-state index in [4.69, 9.17) is 10.5 Å². The molecule has 8 heteroatoms. The molecule has 1 aliphatic carbocycles. The van der Waals surface area contributed by atoms with Crippen LogP contribution >= 0.6 is 0 Å². The van der Waals surface area contributed by atoms with Gasteiger partial charge < -0.3 is 20.7 Å². The van der Waals surface area contributed by atoms with Crippen LogP contribution in [0.25, 0.3) is 0 Å². The molecule has 0 radical (unpaired) electrons. The van der Waals surface area contributed by atoms with Gasteiger partial charge in [-0.15, -0.1) is 0 Å². The topological polar surface area (TPSA) is 115 Å². The summed E-state index contributed by atoms with van der Waals surface area (Å²) in [4.78, 5) is 42.5. The molecule has 8 nitrogen and oxygen atoms in total. The van der Waals surface area contributed by atoms with Gasteiger partial charge in [0.05, 0.1) is 6.10 Å². The number of rotatable bonds is 7. The van der Waals surface area contributed by atoms with Crippen molar-refractivity contribution in [3.63, 3.8) is 0 Å². The minimum Gasteiger partial charge on any atom is -0.365 e. The van der Waals surface area contributed by atoms with Gasteiger partial charge in [-0.25, -0.2) is 0 Å². The molecule has 1 aliphatic heterocycles. The minimum atomic E-state index is -0.657. The minimum absolute atomic E-state index is 0.0374. The van der Waals surface area contributed by atoms with E-state index in [9.17, 15) is 14.4 Å². The molecule has 29 heavy (non-hydrogen) atoms. The Morgan fingerprint density at radius 2 is 1.97 bits per heavy atom. The van der Waals surface area contributed by atoms with Crippen LogP contribution in [0.5, 0.6) is 0 Å². The number of hydrogen-bond acceptors (Lipinski definition) is 5. The van der Waals surface area contributed by atoms with Crippen LogP contribution in [-0.4, -0.2) is 48.0 Å². The Balaban J connectivity index is 1.68. The van der Waals surface area contributed by atoms with Gasteiger partial charge in [0, 0.05) is 30.9 Å². The zero-order valence-electron chi connectivity index (χ0n) is 16.9. The summed E-state index contributed by atoms with van der Waals surface area (Å²) in [5, 5.41) is 2.96. The lowest BCUT2D eigenvalue weighted by Crippen LogP contribution is -2.44. The summed E-state index contributed by atoms with van der Waals surface area (Å²) in [6, 6.07) is 3.16. The quantitative estimate of drug-likeness (QED) is 0.721. The van der Waals surface area contributed by atoms with E-state index in [0.717, 1.165) is 32.1 Å². The molecule has 2 unspecified atom stereocenters. The highest BCUT2D eigenvalue weighted by Gasteiger charge is 2.32. The van der Waals surface area contributed by atoms with E-state index < -0.39 is 12.0 Å². The van der Waals surface area contributed by atoms with Crippen molar-refractivity contribution in [1.29, 1.82) is 0 Å². The molecular formula is C21H30N4O4. The third-order valence-corrected chi connectivity index (χ3v) is 5.69. The Hall–Kier alpha value is -2.48. The van der Waals surface area contributed by atoms with Crippen LogP contribution in [0.15, 0.2) is 18.3 Å². The van der Waals surface area contributed by atoms with E-state index in [1.54, 1.807) is 11.0 Å². The number of primary amides is 1. The molecule has 2 fully saturated rings. The predicted octanol–water partition coefficient (Wildman–Crippen LogP) is 1.78. The number of aromatic nitrogens is 1. The first-order chi connectivity index (χ1) is 14.0. The van der Waals surface area contributed by atoms with Crippen LogP contribution in [-0.2, 0) is 14.3 Å². The maximum atomic E-state index is 13.1. The molecule has 1 saturated carbocycles. The van der Waals surface area contributed by atoms with E-state index in [-0.39, 0.29) is 36.1 Å². The molecule has 1 saturated heterocycles. The van der Waals surface area contributed by atoms with E-state index >= 15 is 0 Å². The summed E-state index contributed by atoms with van der Waals surface area (Å²) < 4.78 is 5.74. The molecular weight excluding hydrogens is 372 g/mol.